The molecule has 0 aromatic heterocycles. The number of hydrogen-bond acceptors (Lipinski definition) is 5. The molecule has 1 amide bonds. The van der Waals surface area contributed by atoms with Crippen LogP contribution in [0.2, 0.25) is 0 Å². The Morgan fingerprint density at radius 2 is 1.55 bits per heavy atom. The predicted molar refractivity (Wildman–Crippen MR) is 145 cm³/mol. The fourth-order valence-electron chi connectivity index (χ4n) is 5.09. The van der Waals surface area contributed by atoms with E-state index in [-0.39, 0.29) is 24.3 Å². The molecule has 4 aromatic carbocycles. The maximum absolute atomic E-state index is 12.6. The number of carboxylic acid groups (broad SMARTS) is 1. The molecule has 6 nitrogen and oxygen atoms in total. The number of amides is 1. The molecule has 38 heavy (non-hydrogen) atoms. The molecular weight excluding hydrogens is 498 g/mol. The quantitative estimate of drug-likeness (QED) is 0.334. The first-order valence-electron chi connectivity index (χ1n) is 12.8. The highest BCUT2D eigenvalue weighted by molar-refractivity contribution is 7.91. The normalized spacial score (nSPS) is 17.9. The molecule has 1 heterocycles. The Hall–Kier alpha value is -3.68. The third-order valence-corrected chi connectivity index (χ3v) is 9.00. The van der Waals surface area contributed by atoms with E-state index >= 15 is 0 Å². The molecule has 0 spiro atoms. The number of sulfone groups is 1. The van der Waals surface area contributed by atoms with Crippen molar-refractivity contribution in [1.29, 1.82) is 0 Å². The van der Waals surface area contributed by atoms with Crippen LogP contribution in [-0.4, -0.2) is 44.4 Å². The molecule has 2 atom stereocenters. The van der Waals surface area contributed by atoms with Gasteiger partial charge in [0.15, 0.2) is 9.84 Å². The van der Waals surface area contributed by atoms with E-state index in [2.05, 4.69) is 24.3 Å². The highest BCUT2D eigenvalue weighted by atomic mass is 32.2. The lowest BCUT2D eigenvalue weighted by Crippen LogP contribution is -2.51. The van der Waals surface area contributed by atoms with Gasteiger partial charge >= 0.3 is 0 Å². The Kier molecular flexibility index (Phi) is 7.77. The smallest absolute Gasteiger partial charge is 0.178 e. The Balaban J connectivity index is 1.27. The summed E-state index contributed by atoms with van der Waals surface area (Å²) in [5.74, 6) is 0.0610. The Labute approximate surface area is 223 Å². The Bertz CT molecular complexity index is 1500. The second-order valence-corrected chi connectivity index (χ2v) is 11.9. The van der Waals surface area contributed by atoms with Gasteiger partial charge in [-0.1, -0.05) is 78.9 Å². The number of hydrogen-bond donors (Lipinski definition) is 0. The molecule has 1 aliphatic rings. The van der Waals surface area contributed by atoms with Crippen molar-refractivity contribution < 1.29 is 23.1 Å². The molecule has 0 radical (unpaired) electrons. The SMILES string of the molecule is O=C([O-])N1CCC(c2ccc(CCS(=O)(=O)c3ccccc3)cc2)C(OCc2ccc3ccccc3c2)C1. The lowest BCUT2D eigenvalue weighted by atomic mass is 9.86. The van der Waals surface area contributed by atoms with Crippen molar-refractivity contribution in [3.63, 3.8) is 0 Å². The second kappa shape index (κ2) is 11.4. The van der Waals surface area contributed by atoms with Crippen molar-refractivity contribution >= 4 is 26.7 Å². The number of likely N-dealkylation sites (tertiary alicyclic amines) is 1. The van der Waals surface area contributed by atoms with Gasteiger partial charge in [-0.25, -0.2) is 8.42 Å². The third kappa shape index (κ3) is 6.06. The Morgan fingerprint density at radius 1 is 0.868 bits per heavy atom. The van der Waals surface area contributed by atoms with Crippen molar-refractivity contribution in [3.8, 4) is 0 Å². The van der Waals surface area contributed by atoms with Gasteiger partial charge in [-0.15, -0.1) is 0 Å². The number of nitrogens with zero attached hydrogens (tertiary/aromatic N) is 1. The average Bonchev–Trinajstić information content (AvgIpc) is 2.95. The van der Waals surface area contributed by atoms with Crippen molar-refractivity contribution in [2.75, 3.05) is 18.8 Å². The van der Waals surface area contributed by atoms with Gasteiger partial charge in [0.1, 0.15) is 6.09 Å². The Morgan fingerprint density at radius 3 is 2.29 bits per heavy atom. The third-order valence-electron chi connectivity index (χ3n) is 7.26. The lowest BCUT2D eigenvalue weighted by molar-refractivity contribution is -0.268. The summed E-state index contributed by atoms with van der Waals surface area (Å²) in [5.41, 5.74) is 3.03. The zero-order chi connectivity index (χ0) is 26.5. The minimum absolute atomic E-state index is 0.0214. The summed E-state index contributed by atoms with van der Waals surface area (Å²) in [6.45, 7) is 1.01. The summed E-state index contributed by atoms with van der Waals surface area (Å²) < 4.78 is 31.6. The number of fused-ring (bicyclic) bond motifs is 1. The fourth-order valence-corrected chi connectivity index (χ4v) is 6.41. The van der Waals surface area contributed by atoms with Crippen molar-refractivity contribution in [1.82, 2.24) is 4.90 Å². The van der Waals surface area contributed by atoms with Gasteiger partial charge < -0.3 is 19.5 Å². The van der Waals surface area contributed by atoms with Gasteiger partial charge in [-0.05, 0) is 58.5 Å². The summed E-state index contributed by atoms with van der Waals surface area (Å²) in [6.07, 6.45) is -0.462. The van der Waals surface area contributed by atoms with E-state index in [1.165, 1.54) is 4.90 Å². The molecule has 7 heteroatoms. The van der Waals surface area contributed by atoms with Crippen molar-refractivity contribution in [2.24, 2.45) is 0 Å². The molecule has 0 bridgehead atoms. The molecule has 1 saturated heterocycles. The lowest BCUT2D eigenvalue weighted by Gasteiger charge is -2.40. The monoisotopic (exact) mass is 528 g/mol. The first kappa shape index (κ1) is 25.9. The van der Waals surface area contributed by atoms with E-state index < -0.39 is 15.9 Å². The molecule has 2 unspecified atom stereocenters. The predicted octanol–water partition coefficient (Wildman–Crippen LogP) is 4.57. The van der Waals surface area contributed by atoms with Crippen LogP contribution in [0.4, 0.5) is 4.79 Å². The fraction of sp³-hybridized carbons (Fsp3) is 0.258. The maximum atomic E-state index is 12.6. The number of carbonyl (C=O) groups is 1. The van der Waals surface area contributed by atoms with Gasteiger partial charge in [-0.2, -0.15) is 0 Å². The highest BCUT2D eigenvalue weighted by Crippen LogP contribution is 2.32. The topological polar surface area (TPSA) is 86.7 Å². The zero-order valence-corrected chi connectivity index (χ0v) is 21.8. The summed E-state index contributed by atoms with van der Waals surface area (Å²) in [6, 6.07) is 30.8. The first-order chi connectivity index (χ1) is 18.4. The van der Waals surface area contributed by atoms with Crippen molar-refractivity contribution in [2.45, 2.75) is 36.4 Å². The van der Waals surface area contributed by atoms with E-state index in [1.54, 1.807) is 30.3 Å². The van der Waals surface area contributed by atoms with E-state index in [0.717, 1.165) is 27.5 Å². The van der Waals surface area contributed by atoms with Crippen LogP contribution in [0.1, 0.15) is 29.0 Å². The summed E-state index contributed by atoms with van der Waals surface area (Å²) >= 11 is 0. The van der Waals surface area contributed by atoms with Crippen LogP contribution in [0.15, 0.2) is 102 Å². The number of aryl methyl sites for hydroxylation is 1. The molecule has 1 aliphatic heterocycles. The molecule has 0 saturated carbocycles. The van der Waals surface area contributed by atoms with Crippen LogP contribution >= 0.6 is 0 Å². The molecular formula is C31H30NO5S-. The largest absolute Gasteiger partial charge is 0.530 e. The summed E-state index contributed by atoms with van der Waals surface area (Å²) in [5, 5.41) is 13.9. The van der Waals surface area contributed by atoms with E-state index in [1.807, 2.05) is 42.5 Å². The van der Waals surface area contributed by atoms with E-state index in [9.17, 15) is 18.3 Å². The van der Waals surface area contributed by atoms with Gasteiger partial charge in [0.05, 0.1) is 23.4 Å². The number of benzene rings is 4. The number of rotatable bonds is 8. The van der Waals surface area contributed by atoms with Crippen molar-refractivity contribution in [3.05, 3.63) is 114 Å². The van der Waals surface area contributed by atoms with Gasteiger partial charge in [0.2, 0.25) is 0 Å². The van der Waals surface area contributed by atoms with Gasteiger partial charge in [0.25, 0.3) is 0 Å². The maximum Gasteiger partial charge on any atom is 0.178 e. The molecule has 0 aliphatic carbocycles. The van der Waals surface area contributed by atoms with Crippen LogP contribution in [0, 0.1) is 0 Å². The molecule has 1 fully saturated rings. The zero-order valence-electron chi connectivity index (χ0n) is 21.0. The summed E-state index contributed by atoms with van der Waals surface area (Å²) in [4.78, 5) is 13.2. The van der Waals surface area contributed by atoms with Gasteiger partial charge in [0, 0.05) is 19.0 Å². The van der Waals surface area contributed by atoms with E-state index in [4.69, 9.17) is 4.74 Å². The second-order valence-electron chi connectivity index (χ2n) is 9.76. The molecule has 0 N–H and O–H groups in total. The number of ether oxygens (including phenoxy) is 1. The number of piperidine rings is 1. The average molecular weight is 529 g/mol. The summed E-state index contributed by atoms with van der Waals surface area (Å²) in [7, 11) is -3.35. The minimum atomic E-state index is -3.35. The van der Waals surface area contributed by atoms with Gasteiger partial charge in [-0.3, -0.25) is 0 Å². The minimum Gasteiger partial charge on any atom is -0.530 e. The highest BCUT2D eigenvalue weighted by Gasteiger charge is 2.31. The van der Waals surface area contributed by atoms with Crippen LogP contribution < -0.4 is 5.11 Å². The molecule has 5 rings (SSSR count). The molecule has 196 valence electrons. The van der Waals surface area contributed by atoms with Crippen LogP contribution in [-0.2, 0) is 27.6 Å². The van der Waals surface area contributed by atoms with Crippen LogP contribution in [0.25, 0.3) is 10.8 Å². The van der Waals surface area contributed by atoms with Crippen LogP contribution in [0.5, 0.6) is 0 Å². The van der Waals surface area contributed by atoms with Crippen LogP contribution in [0.3, 0.4) is 0 Å². The number of carbonyl (C=O) groups excluding carboxylic acids is 1. The standard InChI is InChI=1S/C31H31NO5S/c33-31(34)32-18-16-29(30(21-32)37-22-24-12-13-25-6-4-5-7-27(25)20-24)26-14-10-23(11-15-26)17-19-38(35,36)28-8-2-1-3-9-28/h1-15,20,29-30H,16-19,21-22H2,(H,33,34)/p-1. The van der Waals surface area contributed by atoms with E-state index in [0.29, 0.717) is 30.9 Å². The molecule has 4 aromatic rings. The first-order valence-corrected chi connectivity index (χ1v) is 14.5.